The van der Waals surface area contributed by atoms with Crippen molar-refractivity contribution in [2.75, 3.05) is 31.1 Å². The number of ether oxygens (including phenoxy) is 2. The van der Waals surface area contributed by atoms with Crippen molar-refractivity contribution in [1.29, 1.82) is 0 Å². The fourth-order valence-electron chi connectivity index (χ4n) is 5.17. The van der Waals surface area contributed by atoms with Gasteiger partial charge in [-0.15, -0.1) is 0 Å². The van der Waals surface area contributed by atoms with Crippen LogP contribution in [0.4, 0.5) is 10.6 Å². The average molecular weight is 670 g/mol. The lowest BCUT2D eigenvalue weighted by atomic mass is 9.75. The van der Waals surface area contributed by atoms with Gasteiger partial charge in [0.15, 0.2) is 0 Å². The molecule has 3 fully saturated rings. The molecule has 1 spiro atoms. The Morgan fingerprint density at radius 1 is 1.21 bits per heavy atom. The third-order valence-electron chi connectivity index (χ3n) is 7.48. The number of nitrogens with two attached hydrogens (primary N) is 1. The molecule has 1 unspecified atom stereocenters. The lowest BCUT2D eigenvalue weighted by molar-refractivity contribution is 0.127. The van der Waals surface area contributed by atoms with Gasteiger partial charge in [-0.2, -0.15) is 0 Å². The summed E-state index contributed by atoms with van der Waals surface area (Å²) in [5.74, 6) is 0.821. The van der Waals surface area contributed by atoms with Crippen molar-refractivity contribution in [3.05, 3.63) is 46.2 Å². The van der Waals surface area contributed by atoms with Crippen molar-refractivity contribution < 1.29 is 14.3 Å². The predicted octanol–water partition coefficient (Wildman–Crippen LogP) is 2.80. The standard InChI is InChI=1S/C24H25ClIN7O4S/c25-19-15(2-1-14-18(19)22(34)33(12-31-14)10-13-7-30-23(35)37-13)38-17-9-28-16(8-29-17)32-5-3-24(4-6-32)11-36-21(26)20(24)27/h1-2,8-9,12-13,20-21H,3-7,10-11,27H2,(H,30,35)/t13?,20-,21-/m1/s1. The molecule has 3 N–H and O–H groups in total. The van der Waals surface area contributed by atoms with Crippen molar-refractivity contribution in [2.45, 2.75) is 45.6 Å². The Morgan fingerprint density at radius 3 is 2.68 bits per heavy atom. The maximum absolute atomic E-state index is 13.2. The first-order valence-electron chi connectivity index (χ1n) is 12.2. The highest BCUT2D eigenvalue weighted by Crippen LogP contribution is 2.43. The molecule has 2 aromatic heterocycles. The first-order valence-corrected chi connectivity index (χ1v) is 14.7. The molecule has 200 valence electrons. The van der Waals surface area contributed by atoms with E-state index >= 15 is 0 Å². The highest BCUT2D eigenvalue weighted by Gasteiger charge is 2.48. The Morgan fingerprint density at radius 2 is 2.03 bits per heavy atom. The summed E-state index contributed by atoms with van der Waals surface area (Å²) >= 11 is 10.3. The molecule has 3 saturated heterocycles. The lowest BCUT2D eigenvalue weighted by Crippen LogP contribution is -2.50. The van der Waals surface area contributed by atoms with E-state index in [1.54, 1.807) is 18.5 Å². The monoisotopic (exact) mass is 669 g/mol. The molecule has 11 nitrogen and oxygen atoms in total. The maximum atomic E-state index is 13.2. The fourth-order valence-corrected chi connectivity index (χ4v) is 7.23. The van der Waals surface area contributed by atoms with Crippen LogP contribution < -0.4 is 21.5 Å². The van der Waals surface area contributed by atoms with Crippen molar-refractivity contribution in [3.63, 3.8) is 0 Å². The highest BCUT2D eigenvalue weighted by molar-refractivity contribution is 14.1. The molecule has 3 aromatic rings. The summed E-state index contributed by atoms with van der Waals surface area (Å²) in [7, 11) is 0. The topological polar surface area (TPSA) is 137 Å². The minimum atomic E-state index is -0.494. The molecule has 0 bridgehead atoms. The molecule has 14 heteroatoms. The van der Waals surface area contributed by atoms with Gasteiger partial charge in [0.1, 0.15) is 21.1 Å². The number of rotatable bonds is 5. The van der Waals surface area contributed by atoms with E-state index in [1.165, 1.54) is 22.7 Å². The van der Waals surface area contributed by atoms with E-state index in [-0.39, 0.29) is 27.7 Å². The fraction of sp³-hybridized carbons (Fsp3) is 0.458. The van der Waals surface area contributed by atoms with Crippen molar-refractivity contribution >= 4 is 68.8 Å². The number of anilines is 1. The maximum Gasteiger partial charge on any atom is 0.407 e. The second-order valence-corrected chi connectivity index (χ2v) is 12.4. The van der Waals surface area contributed by atoms with Gasteiger partial charge in [-0.1, -0.05) is 23.4 Å². The van der Waals surface area contributed by atoms with E-state index in [2.05, 4.69) is 47.8 Å². The molecule has 3 aliphatic heterocycles. The quantitative estimate of drug-likeness (QED) is 0.308. The molecule has 1 amide bonds. The van der Waals surface area contributed by atoms with Gasteiger partial charge in [0.2, 0.25) is 0 Å². The van der Waals surface area contributed by atoms with Gasteiger partial charge in [-0.25, -0.2) is 19.7 Å². The SMILES string of the molecule is N[C@@H]1[C@H](I)OCC12CCN(c1cnc(Sc3ccc4ncn(CC5CNC(=O)O5)c(=O)c4c3Cl)cn1)CC2. The first kappa shape index (κ1) is 26.0. The van der Waals surface area contributed by atoms with E-state index in [1.807, 2.05) is 6.07 Å². The molecular formula is C24H25ClIN7O4S. The van der Waals surface area contributed by atoms with Crippen molar-refractivity contribution in [1.82, 2.24) is 24.8 Å². The van der Waals surface area contributed by atoms with Gasteiger partial charge in [-0.3, -0.25) is 9.36 Å². The average Bonchev–Trinajstić information content (AvgIpc) is 3.46. The number of amides is 1. The predicted molar refractivity (Wildman–Crippen MR) is 151 cm³/mol. The Labute approximate surface area is 241 Å². The third-order valence-corrected chi connectivity index (χ3v) is 10.1. The van der Waals surface area contributed by atoms with E-state index in [0.717, 1.165) is 38.4 Å². The molecule has 0 aliphatic carbocycles. The van der Waals surface area contributed by atoms with Crippen LogP contribution in [0.2, 0.25) is 5.02 Å². The Bertz CT molecular complexity index is 1430. The Balaban J connectivity index is 1.16. The second-order valence-electron chi connectivity index (χ2n) is 9.73. The number of benzene rings is 1. The summed E-state index contributed by atoms with van der Waals surface area (Å²) in [5, 5.41) is 3.86. The summed E-state index contributed by atoms with van der Waals surface area (Å²) in [6.07, 6.45) is 5.92. The minimum absolute atomic E-state index is 0.0459. The summed E-state index contributed by atoms with van der Waals surface area (Å²) < 4.78 is 12.4. The Hall–Kier alpha value is -2.20. The number of hydrogen-bond donors (Lipinski definition) is 2. The summed E-state index contributed by atoms with van der Waals surface area (Å²) in [4.78, 5) is 41.0. The number of nitrogens with zero attached hydrogens (tertiary/aromatic N) is 5. The molecule has 38 heavy (non-hydrogen) atoms. The molecule has 0 saturated carbocycles. The third kappa shape index (κ3) is 4.83. The molecule has 5 heterocycles. The van der Waals surface area contributed by atoms with Gasteiger partial charge in [0.05, 0.1) is 54.3 Å². The molecule has 3 aliphatic rings. The number of alkyl halides is 1. The van der Waals surface area contributed by atoms with E-state index < -0.39 is 12.2 Å². The zero-order chi connectivity index (χ0) is 26.4. The highest BCUT2D eigenvalue weighted by atomic mass is 127. The molecule has 1 aromatic carbocycles. The lowest BCUT2D eigenvalue weighted by Gasteiger charge is -2.41. The number of nitrogens with one attached hydrogen (secondary N) is 1. The summed E-state index contributed by atoms with van der Waals surface area (Å²) in [6, 6.07) is 3.63. The van der Waals surface area contributed by atoms with Crippen LogP contribution in [0.5, 0.6) is 0 Å². The number of alkyl carbamates (subject to hydrolysis) is 1. The number of carbonyl (C=O) groups is 1. The summed E-state index contributed by atoms with van der Waals surface area (Å²) in [6.45, 7) is 2.95. The largest absolute Gasteiger partial charge is 0.442 e. The summed E-state index contributed by atoms with van der Waals surface area (Å²) in [5.41, 5.74) is 6.68. The van der Waals surface area contributed by atoms with Crippen LogP contribution in [0.15, 0.2) is 45.6 Å². The van der Waals surface area contributed by atoms with E-state index in [4.69, 9.17) is 26.8 Å². The van der Waals surface area contributed by atoms with Crippen LogP contribution in [0.1, 0.15) is 12.8 Å². The van der Waals surface area contributed by atoms with Crippen LogP contribution in [0, 0.1) is 5.41 Å². The zero-order valence-corrected chi connectivity index (χ0v) is 23.9. The van der Waals surface area contributed by atoms with Gasteiger partial charge in [-0.05, 0) is 47.6 Å². The number of fused-ring (bicyclic) bond motifs is 1. The number of carbonyl (C=O) groups excluding carboxylic acids is 1. The minimum Gasteiger partial charge on any atom is -0.442 e. The van der Waals surface area contributed by atoms with Gasteiger partial charge < -0.3 is 25.4 Å². The Kier molecular flexibility index (Phi) is 7.13. The van der Waals surface area contributed by atoms with Crippen LogP contribution in [-0.4, -0.2) is 68.1 Å². The van der Waals surface area contributed by atoms with Crippen molar-refractivity contribution in [3.8, 4) is 0 Å². The van der Waals surface area contributed by atoms with Gasteiger partial charge >= 0.3 is 6.09 Å². The molecule has 0 radical (unpaired) electrons. The van der Waals surface area contributed by atoms with E-state index in [9.17, 15) is 9.59 Å². The molecular weight excluding hydrogens is 645 g/mol. The normalized spacial score (nSPS) is 24.7. The number of halogens is 2. The number of hydrogen-bond acceptors (Lipinski definition) is 10. The van der Waals surface area contributed by atoms with E-state index in [0.29, 0.717) is 32.4 Å². The first-order chi connectivity index (χ1) is 18.3. The zero-order valence-electron chi connectivity index (χ0n) is 20.2. The molecule has 3 atom stereocenters. The van der Waals surface area contributed by atoms with Crippen LogP contribution in [0.3, 0.4) is 0 Å². The number of cyclic esters (lactones) is 1. The van der Waals surface area contributed by atoms with Gasteiger partial charge in [0, 0.05) is 29.4 Å². The van der Waals surface area contributed by atoms with Crippen LogP contribution in [-0.2, 0) is 16.0 Å². The number of aromatic nitrogens is 4. The molecule has 6 rings (SSSR count). The van der Waals surface area contributed by atoms with Gasteiger partial charge in [0.25, 0.3) is 5.56 Å². The van der Waals surface area contributed by atoms with Crippen molar-refractivity contribution in [2.24, 2.45) is 11.1 Å². The smallest absolute Gasteiger partial charge is 0.407 e. The number of piperidine rings is 1. The van der Waals surface area contributed by atoms with Crippen LogP contribution in [0.25, 0.3) is 10.9 Å². The second kappa shape index (κ2) is 10.4. The van der Waals surface area contributed by atoms with Crippen LogP contribution >= 0.6 is 46.0 Å².